The fraction of sp³-hybridized carbons (Fsp3) is 0.375. The van der Waals surface area contributed by atoms with Crippen LogP contribution in [0, 0.1) is 0 Å². The van der Waals surface area contributed by atoms with Crippen molar-refractivity contribution >= 4 is 60.3 Å². The van der Waals surface area contributed by atoms with E-state index in [0.717, 1.165) is 6.42 Å². The van der Waals surface area contributed by atoms with Crippen LogP contribution in [0.15, 0.2) is 23.8 Å². The van der Waals surface area contributed by atoms with Gasteiger partial charge in [0.15, 0.2) is 0 Å². The highest BCUT2D eigenvalue weighted by molar-refractivity contribution is 14.2. The second-order valence-electron chi connectivity index (χ2n) is 2.61. The molecule has 0 radical (unpaired) electrons. The highest BCUT2D eigenvalue weighted by Gasteiger charge is 2.06. The molecule has 1 aliphatic rings. The summed E-state index contributed by atoms with van der Waals surface area (Å²) in [7, 11) is -2.05. The van der Waals surface area contributed by atoms with E-state index in [4.69, 9.17) is 0 Å². The lowest BCUT2D eigenvalue weighted by molar-refractivity contribution is 0.627. The van der Waals surface area contributed by atoms with Crippen molar-refractivity contribution in [2.75, 3.05) is 0 Å². The SMILES string of the molecule is O=S(=O)=C1C=CC(CC(I)I)=CC1. The van der Waals surface area contributed by atoms with Gasteiger partial charge in [0.2, 0.25) is 10.3 Å². The minimum Gasteiger partial charge on any atom is -0.184 e. The van der Waals surface area contributed by atoms with Gasteiger partial charge in [-0.1, -0.05) is 57.3 Å². The minimum atomic E-state index is -2.05. The Hall–Kier alpha value is 0.630. The van der Waals surface area contributed by atoms with Gasteiger partial charge in [-0.05, 0) is 18.1 Å². The first-order chi connectivity index (χ1) is 6.09. The summed E-state index contributed by atoms with van der Waals surface area (Å²) < 4.78 is 21.7. The molecule has 0 aromatic rings. The van der Waals surface area contributed by atoms with Crippen LogP contribution in [-0.4, -0.2) is 15.2 Å². The molecule has 0 bridgehead atoms. The van der Waals surface area contributed by atoms with Gasteiger partial charge in [-0.2, -0.15) is 8.42 Å². The third kappa shape index (κ3) is 4.11. The maximum absolute atomic E-state index is 10.6. The molecular formula is C8H8I2O2S. The van der Waals surface area contributed by atoms with Crippen LogP contribution in [0.1, 0.15) is 12.8 Å². The van der Waals surface area contributed by atoms with Crippen molar-refractivity contribution in [1.29, 1.82) is 0 Å². The summed E-state index contributed by atoms with van der Waals surface area (Å²) >= 11 is 4.69. The van der Waals surface area contributed by atoms with Gasteiger partial charge in [0.05, 0.1) is 6.80 Å². The van der Waals surface area contributed by atoms with Crippen LogP contribution in [0.3, 0.4) is 0 Å². The molecule has 0 aromatic carbocycles. The smallest absolute Gasteiger partial charge is 0.184 e. The van der Waals surface area contributed by atoms with E-state index < -0.39 is 10.3 Å². The molecule has 0 atom stereocenters. The zero-order chi connectivity index (χ0) is 9.84. The summed E-state index contributed by atoms with van der Waals surface area (Å²) in [4.78, 5) is 0.474. The summed E-state index contributed by atoms with van der Waals surface area (Å²) in [5.74, 6) is 0. The molecule has 5 heteroatoms. The highest BCUT2D eigenvalue weighted by Crippen LogP contribution is 2.22. The predicted octanol–water partition coefficient (Wildman–Crippen LogP) is 2.51. The predicted molar refractivity (Wildman–Crippen MR) is 72.2 cm³/mol. The van der Waals surface area contributed by atoms with E-state index in [1.807, 2.05) is 12.2 Å². The van der Waals surface area contributed by atoms with E-state index in [1.54, 1.807) is 6.08 Å². The molecule has 0 fully saturated rings. The average Bonchev–Trinajstić information content (AvgIpc) is 2.04. The molecule has 0 aromatic heterocycles. The molecule has 0 amide bonds. The lowest BCUT2D eigenvalue weighted by Crippen LogP contribution is -2.00. The van der Waals surface area contributed by atoms with E-state index >= 15 is 0 Å². The van der Waals surface area contributed by atoms with Crippen molar-refractivity contribution in [3.8, 4) is 0 Å². The van der Waals surface area contributed by atoms with Crippen molar-refractivity contribution in [3.05, 3.63) is 23.8 Å². The topological polar surface area (TPSA) is 34.1 Å². The van der Waals surface area contributed by atoms with Crippen LogP contribution >= 0.6 is 45.2 Å². The van der Waals surface area contributed by atoms with Gasteiger partial charge in [-0.3, -0.25) is 0 Å². The van der Waals surface area contributed by atoms with Crippen molar-refractivity contribution < 1.29 is 8.42 Å². The Balaban J connectivity index is 2.71. The molecule has 0 heterocycles. The second-order valence-corrected chi connectivity index (χ2v) is 9.00. The Kier molecular flexibility index (Phi) is 4.95. The highest BCUT2D eigenvalue weighted by atomic mass is 127. The fourth-order valence-corrected chi connectivity index (χ4v) is 2.44. The first-order valence-corrected chi connectivity index (χ1v) is 7.26. The molecule has 0 spiro atoms. The summed E-state index contributed by atoms with van der Waals surface area (Å²) in [6.07, 6.45) is 7.10. The standard InChI is InChI=1S/C8H8I2O2S/c9-8(10)5-6-1-3-7(4-2-6)13(11)12/h1-3,8H,4-5H2. The molecule has 0 saturated carbocycles. The monoisotopic (exact) mass is 422 g/mol. The van der Waals surface area contributed by atoms with Crippen molar-refractivity contribution in [2.45, 2.75) is 14.8 Å². The fourth-order valence-electron chi connectivity index (χ4n) is 1.02. The lowest BCUT2D eigenvalue weighted by atomic mass is 10.1. The summed E-state index contributed by atoms with van der Waals surface area (Å²) in [5.41, 5.74) is 1.23. The van der Waals surface area contributed by atoms with Crippen LogP contribution in [0.2, 0.25) is 0 Å². The molecule has 72 valence electrons. The van der Waals surface area contributed by atoms with E-state index in [-0.39, 0.29) is 0 Å². The Morgan fingerprint density at radius 3 is 2.46 bits per heavy atom. The second kappa shape index (κ2) is 5.50. The molecule has 0 aliphatic heterocycles. The van der Waals surface area contributed by atoms with Gasteiger partial charge in [0.1, 0.15) is 0 Å². The number of halogens is 2. The number of hydrogen-bond donors (Lipinski definition) is 0. The maximum atomic E-state index is 10.6. The van der Waals surface area contributed by atoms with Crippen LogP contribution in [0.4, 0.5) is 0 Å². The van der Waals surface area contributed by atoms with Gasteiger partial charge in [-0.15, -0.1) is 0 Å². The Bertz CT molecular complexity index is 369. The first kappa shape index (κ1) is 11.7. The van der Waals surface area contributed by atoms with Crippen LogP contribution in [-0.2, 0) is 10.3 Å². The number of alkyl halides is 2. The zero-order valence-electron chi connectivity index (χ0n) is 6.70. The molecule has 13 heavy (non-hydrogen) atoms. The molecule has 1 rings (SSSR count). The number of rotatable bonds is 2. The Morgan fingerprint density at radius 2 is 2.08 bits per heavy atom. The van der Waals surface area contributed by atoms with Gasteiger partial charge in [0.25, 0.3) is 0 Å². The van der Waals surface area contributed by atoms with Crippen molar-refractivity contribution in [1.82, 2.24) is 0 Å². The summed E-state index contributed by atoms with van der Waals surface area (Å²) in [6.45, 7) is 0. The third-order valence-corrected chi connectivity index (χ3v) is 3.26. The molecule has 2 nitrogen and oxygen atoms in total. The number of hydrogen-bond acceptors (Lipinski definition) is 2. The molecular weight excluding hydrogens is 414 g/mol. The first-order valence-electron chi connectivity index (χ1n) is 3.70. The summed E-state index contributed by atoms with van der Waals surface area (Å²) in [5, 5.41) is 0. The van der Waals surface area contributed by atoms with E-state index in [9.17, 15) is 8.42 Å². The van der Waals surface area contributed by atoms with Crippen molar-refractivity contribution in [3.63, 3.8) is 0 Å². The van der Waals surface area contributed by atoms with Gasteiger partial charge < -0.3 is 0 Å². The average molecular weight is 422 g/mol. The third-order valence-electron chi connectivity index (χ3n) is 1.65. The van der Waals surface area contributed by atoms with E-state index in [0.29, 0.717) is 13.2 Å². The quantitative estimate of drug-likeness (QED) is 0.390. The summed E-state index contributed by atoms with van der Waals surface area (Å²) in [6, 6.07) is 0. The van der Waals surface area contributed by atoms with Crippen LogP contribution in [0.25, 0.3) is 0 Å². The molecule has 1 aliphatic carbocycles. The zero-order valence-corrected chi connectivity index (χ0v) is 11.8. The van der Waals surface area contributed by atoms with E-state index in [2.05, 4.69) is 45.2 Å². The van der Waals surface area contributed by atoms with Crippen LogP contribution < -0.4 is 0 Å². The molecule has 0 N–H and O–H groups in total. The lowest BCUT2D eigenvalue weighted by Gasteiger charge is -2.07. The van der Waals surface area contributed by atoms with Gasteiger partial charge in [-0.25, -0.2) is 0 Å². The van der Waals surface area contributed by atoms with E-state index in [1.165, 1.54) is 5.57 Å². The normalized spacial score (nSPS) is 16.2. The molecule has 0 unspecified atom stereocenters. The Labute approximate surface area is 106 Å². The maximum Gasteiger partial charge on any atom is 0.217 e. The Morgan fingerprint density at radius 1 is 1.38 bits per heavy atom. The van der Waals surface area contributed by atoms with Gasteiger partial charge in [0, 0.05) is 6.42 Å². The van der Waals surface area contributed by atoms with Gasteiger partial charge >= 0.3 is 0 Å². The van der Waals surface area contributed by atoms with Crippen LogP contribution in [0.5, 0.6) is 0 Å². The minimum absolute atomic E-state index is 0.474. The van der Waals surface area contributed by atoms with Crippen molar-refractivity contribution in [2.24, 2.45) is 0 Å². The number of allylic oxidation sites excluding steroid dienone is 4. The molecule has 0 saturated heterocycles. The largest absolute Gasteiger partial charge is 0.217 e.